The second-order valence-electron chi connectivity index (χ2n) is 6.65. The van der Waals surface area contributed by atoms with Crippen molar-refractivity contribution in [2.24, 2.45) is 11.7 Å². The standard InChI is InChI=1S/C19H29N5/c1-13-8-16(23-18(21)10-13)5-3-4-15(12-20)6-7-17-9-14(2)11-19(22)24-17/h8-11,15H,3-7,12,20H2,1-2H3,(H2,21,23)(H2,22,24)/t15-/m0/s1. The Labute approximate surface area is 144 Å². The first-order chi connectivity index (χ1) is 11.5. The molecule has 2 aromatic rings. The van der Waals surface area contributed by atoms with Gasteiger partial charge >= 0.3 is 0 Å². The Balaban J connectivity index is 1.81. The van der Waals surface area contributed by atoms with Crippen molar-refractivity contribution in [1.29, 1.82) is 0 Å². The van der Waals surface area contributed by atoms with Crippen LogP contribution in [0.2, 0.25) is 0 Å². The molecule has 24 heavy (non-hydrogen) atoms. The topological polar surface area (TPSA) is 104 Å². The monoisotopic (exact) mass is 327 g/mol. The zero-order valence-corrected chi connectivity index (χ0v) is 14.8. The van der Waals surface area contributed by atoms with Crippen LogP contribution < -0.4 is 17.2 Å². The van der Waals surface area contributed by atoms with Gasteiger partial charge in [-0.2, -0.15) is 0 Å². The molecule has 0 saturated heterocycles. The van der Waals surface area contributed by atoms with E-state index in [1.165, 1.54) is 0 Å². The van der Waals surface area contributed by atoms with E-state index >= 15 is 0 Å². The third kappa shape index (κ3) is 5.81. The Bertz CT molecular complexity index is 628. The maximum Gasteiger partial charge on any atom is 0.123 e. The van der Waals surface area contributed by atoms with E-state index in [2.05, 4.69) is 22.1 Å². The lowest BCUT2D eigenvalue weighted by atomic mass is 9.95. The SMILES string of the molecule is Cc1cc(N)nc(CCC[C@H](CN)CCc2cc(C)cc(N)n2)c1. The molecule has 1 atom stereocenters. The van der Waals surface area contributed by atoms with Crippen molar-refractivity contribution in [2.75, 3.05) is 18.0 Å². The van der Waals surface area contributed by atoms with Gasteiger partial charge in [0.25, 0.3) is 0 Å². The molecule has 0 aliphatic heterocycles. The first-order valence-corrected chi connectivity index (χ1v) is 8.62. The van der Waals surface area contributed by atoms with Crippen molar-refractivity contribution in [3.8, 4) is 0 Å². The highest BCUT2D eigenvalue weighted by atomic mass is 14.8. The Morgan fingerprint density at radius 2 is 1.38 bits per heavy atom. The molecule has 2 rings (SSSR count). The third-order valence-corrected chi connectivity index (χ3v) is 4.27. The largest absolute Gasteiger partial charge is 0.384 e. The van der Waals surface area contributed by atoms with Crippen molar-refractivity contribution in [1.82, 2.24) is 9.97 Å². The van der Waals surface area contributed by atoms with Crippen molar-refractivity contribution >= 4 is 11.6 Å². The van der Waals surface area contributed by atoms with Crippen LogP contribution >= 0.6 is 0 Å². The maximum absolute atomic E-state index is 5.94. The molecule has 0 radical (unpaired) electrons. The summed E-state index contributed by atoms with van der Waals surface area (Å²) in [7, 11) is 0. The molecule has 0 unspecified atom stereocenters. The average Bonchev–Trinajstić information content (AvgIpc) is 2.48. The van der Waals surface area contributed by atoms with Gasteiger partial charge in [0.1, 0.15) is 11.6 Å². The summed E-state index contributed by atoms with van der Waals surface area (Å²) in [5.41, 5.74) is 22.0. The molecule has 0 aromatic carbocycles. The van der Waals surface area contributed by atoms with Gasteiger partial charge in [0.2, 0.25) is 0 Å². The minimum atomic E-state index is 0.496. The second kappa shape index (κ2) is 8.64. The van der Waals surface area contributed by atoms with Gasteiger partial charge in [-0.05, 0) is 93.8 Å². The van der Waals surface area contributed by atoms with E-state index in [1.807, 2.05) is 26.0 Å². The van der Waals surface area contributed by atoms with Gasteiger partial charge in [-0.3, -0.25) is 0 Å². The number of hydrogen-bond acceptors (Lipinski definition) is 5. The minimum absolute atomic E-state index is 0.496. The Hall–Kier alpha value is -2.14. The summed E-state index contributed by atoms with van der Waals surface area (Å²) in [5.74, 6) is 1.69. The first kappa shape index (κ1) is 18.2. The van der Waals surface area contributed by atoms with Crippen LogP contribution in [0.15, 0.2) is 24.3 Å². The highest BCUT2D eigenvalue weighted by Gasteiger charge is 2.09. The van der Waals surface area contributed by atoms with E-state index < -0.39 is 0 Å². The van der Waals surface area contributed by atoms with E-state index in [-0.39, 0.29) is 0 Å². The van der Waals surface area contributed by atoms with E-state index in [0.717, 1.165) is 54.6 Å². The summed E-state index contributed by atoms with van der Waals surface area (Å²) in [6.07, 6.45) is 5.06. The van der Waals surface area contributed by atoms with Crippen molar-refractivity contribution in [2.45, 2.75) is 46.0 Å². The third-order valence-electron chi connectivity index (χ3n) is 4.27. The quantitative estimate of drug-likeness (QED) is 0.691. The van der Waals surface area contributed by atoms with Crippen LogP contribution in [0, 0.1) is 19.8 Å². The van der Waals surface area contributed by atoms with Crippen molar-refractivity contribution in [3.05, 3.63) is 46.8 Å². The van der Waals surface area contributed by atoms with Gasteiger partial charge in [-0.15, -0.1) is 0 Å². The summed E-state index contributed by atoms with van der Waals surface area (Å²) < 4.78 is 0. The molecule has 0 saturated carbocycles. The second-order valence-corrected chi connectivity index (χ2v) is 6.65. The lowest BCUT2D eigenvalue weighted by molar-refractivity contribution is 0.443. The Morgan fingerprint density at radius 1 is 0.833 bits per heavy atom. The number of aromatic nitrogens is 2. The number of rotatable bonds is 8. The van der Waals surface area contributed by atoms with Crippen LogP contribution in [0.1, 0.15) is 41.8 Å². The summed E-state index contributed by atoms with van der Waals surface area (Å²) in [6, 6.07) is 7.99. The van der Waals surface area contributed by atoms with Crippen LogP contribution in [0.25, 0.3) is 0 Å². The molecule has 0 spiro atoms. The molecule has 0 amide bonds. The fourth-order valence-electron chi connectivity index (χ4n) is 3.10. The summed E-state index contributed by atoms with van der Waals surface area (Å²) in [6.45, 7) is 4.79. The summed E-state index contributed by atoms with van der Waals surface area (Å²) in [5, 5.41) is 0. The molecular weight excluding hydrogens is 298 g/mol. The molecule has 0 bridgehead atoms. The van der Waals surface area contributed by atoms with E-state index in [0.29, 0.717) is 24.1 Å². The molecule has 130 valence electrons. The fraction of sp³-hybridized carbons (Fsp3) is 0.474. The van der Waals surface area contributed by atoms with Gasteiger partial charge < -0.3 is 17.2 Å². The van der Waals surface area contributed by atoms with E-state index in [4.69, 9.17) is 17.2 Å². The number of nitrogens with zero attached hydrogens (tertiary/aromatic N) is 2. The van der Waals surface area contributed by atoms with Crippen LogP contribution in [0.4, 0.5) is 11.6 Å². The highest BCUT2D eigenvalue weighted by molar-refractivity contribution is 5.34. The number of pyridine rings is 2. The maximum atomic E-state index is 5.94. The highest BCUT2D eigenvalue weighted by Crippen LogP contribution is 2.17. The predicted molar refractivity (Wildman–Crippen MR) is 101 cm³/mol. The molecule has 5 heteroatoms. The predicted octanol–water partition coefficient (Wildman–Crippen LogP) is 2.79. The summed E-state index contributed by atoms with van der Waals surface area (Å²) in [4.78, 5) is 8.79. The molecule has 6 N–H and O–H groups in total. The average molecular weight is 327 g/mol. The molecule has 0 aliphatic carbocycles. The van der Waals surface area contributed by atoms with Crippen LogP contribution in [-0.2, 0) is 12.8 Å². The molecule has 0 aliphatic rings. The Morgan fingerprint density at radius 3 is 1.88 bits per heavy atom. The smallest absolute Gasteiger partial charge is 0.123 e. The minimum Gasteiger partial charge on any atom is -0.384 e. The van der Waals surface area contributed by atoms with Crippen molar-refractivity contribution < 1.29 is 0 Å². The van der Waals surface area contributed by atoms with Crippen LogP contribution in [0.5, 0.6) is 0 Å². The number of nitrogen functional groups attached to an aromatic ring is 2. The molecular formula is C19H29N5. The number of aryl methyl sites for hydroxylation is 4. The van der Waals surface area contributed by atoms with Crippen molar-refractivity contribution in [3.63, 3.8) is 0 Å². The summed E-state index contributed by atoms with van der Waals surface area (Å²) >= 11 is 0. The molecule has 2 aromatic heterocycles. The zero-order valence-electron chi connectivity index (χ0n) is 14.8. The first-order valence-electron chi connectivity index (χ1n) is 8.62. The van der Waals surface area contributed by atoms with Crippen LogP contribution in [0.3, 0.4) is 0 Å². The number of hydrogen-bond donors (Lipinski definition) is 3. The van der Waals surface area contributed by atoms with Gasteiger partial charge in [-0.1, -0.05) is 0 Å². The number of anilines is 2. The molecule has 5 nitrogen and oxygen atoms in total. The van der Waals surface area contributed by atoms with Gasteiger partial charge in [0, 0.05) is 11.4 Å². The van der Waals surface area contributed by atoms with Gasteiger partial charge in [-0.25, -0.2) is 9.97 Å². The lowest BCUT2D eigenvalue weighted by Crippen LogP contribution is -2.16. The van der Waals surface area contributed by atoms with Gasteiger partial charge in [0.15, 0.2) is 0 Å². The Kier molecular flexibility index (Phi) is 6.55. The van der Waals surface area contributed by atoms with Crippen LogP contribution in [-0.4, -0.2) is 16.5 Å². The number of nitrogens with two attached hydrogens (primary N) is 3. The fourth-order valence-corrected chi connectivity index (χ4v) is 3.10. The van der Waals surface area contributed by atoms with Gasteiger partial charge in [0.05, 0.1) is 0 Å². The normalized spacial score (nSPS) is 12.3. The van der Waals surface area contributed by atoms with E-state index in [9.17, 15) is 0 Å². The molecule has 2 heterocycles. The lowest BCUT2D eigenvalue weighted by Gasteiger charge is -2.14. The zero-order chi connectivity index (χ0) is 17.5. The van der Waals surface area contributed by atoms with E-state index in [1.54, 1.807) is 0 Å². The molecule has 0 fully saturated rings.